The van der Waals surface area contributed by atoms with Gasteiger partial charge >= 0.3 is 0 Å². The van der Waals surface area contributed by atoms with Gasteiger partial charge in [-0.05, 0) is 49.8 Å². The molecule has 1 aliphatic carbocycles. The Bertz CT molecular complexity index is 684. The molecule has 1 amide bonds. The van der Waals surface area contributed by atoms with E-state index >= 15 is 0 Å². The van der Waals surface area contributed by atoms with Crippen molar-refractivity contribution in [3.63, 3.8) is 0 Å². The molecule has 1 heterocycles. The fraction of sp³-hybridized carbons (Fsp3) is 0.588. The number of hydrogen-bond donors (Lipinski definition) is 0. The molecule has 0 N–H and O–H groups in total. The van der Waals surface area contributed by atoms with Gasteiger partial charge in [0, 0.05) is 37.0 Å². The first-order chi connectivity index (χ1) is 11.5. The van der Waals surface area contributed by atoms with Crippen molar-refractivity contribution in [2.75, 3.05) is 32.4 Å². The van der Waals surface area contributed by atoms with Crippen LogP contribution >= 0.6 is 11.8 Å². The number of hydrogen-bond acceptors (Lipinski definition) is 4. The number of sulfonamides is 1. The van der Waals surface area contributed by atoms with Crippen molar-refractivity contribution in [2.24, 2.45) is 5.92 Å². The molecule has 0 atom stereocenters. The zero-order valence-electron chi connectivity index (χ0n) is 14.0. The van der Waals surface area contributed by atoms with Crippen LogP contribution in [0.3, 0.4) is 0 Å². The summed E-state index contributed by atoms with van der Waals surface area (Å²) in [5.74, 6) is 0.386. The third-order valence-electron chi connectivity index (χ3n) is 4.92. The number of carbonyl (C=O) groups excluding carboxylic acids is 1. The second kappa shape index (κ2) is 7.45. The van der Waals surface area contributed by atoms with Gasteiger partial charge in [0.15, 0.2) is 0 Å². The number of thioether (sulfide) groups is 1. The van der Waals surface area contributed by atoms with Crippen LogP contribution in [0.25, 0.3) is 0 Å². The van der Waals surface area contributed by atoms with Crippen molar-refractivity contribution < 1.29 is 13.2 Å². The highest BCUT2D eigenvalue weighted by Crippen LogP contribution is 2.29. The Morgan fingerprint density at radius 1 is 1.04 bits per heavy atom. The minimum absolute atomic E-state index is 0.173. The highest BCUT2D eigenvalue weighted by Gasteiger charge is 2.32. The van der Waals surface area contributed by atoms with E-state index in [0.717, 1.165) is 24.2 Å². The molecule has 24 heavy (non-hydrogen) atoms. The Hall–Kier alpha value is -1.05. The smallest absolute Gasteiger partial charge is 0.243 e. The van der Waals surface area contributed by atoms with Crippen LogP contribution in [0.15, 0.2) is 34.1 Å². The Morgan fingerprint density at radius 2 is 1.75 bits per heavy atom. The summed E-state index contributed by atoms with van der Waals surface area (Å²) in [6, 6.07) is 7.01. The van der Waals surface area contributed by atoms with Crippen LogP contribution in [0.2, 0.25) is 0 Å². The molecule has 0 bridgehead atoms. The van der Waals surface area contributed by atoms with Crippen molar-refractivity contribution in [3.8, 4) is 0 Å². The van der Waals surface area contributed by atoms with Crippen LogP contribution in [0.1, 0.15) is 25.7 Å². The van der Waals surface area contributed by atoms with Crippen LogP contribution in [0.4, 0.5) is 0 Å². The standard InChI is InChI=1S/C17H24N2O3S2/c1-23-15-6-8-16(9-7-15)24(21,22)19-11-3-10-18(12-13-19)17(20)14-4-2-5-14/h6-9,14H,2-5,10-13H2,1H3. The summed E-state index contributed by atoms with van der Waals surface area (Å²) in [5.41, 5.74) is 0. The summed E-state index contributed by atoms with van der Waals surface area (Å²) in [6.07, 6.45) is 5.77. The van der Waals surface area contributed by atoms with Crippen molar-refractivity contribution >= 4 is 27.7 Å². The lowest BCUT2D eigenvalue weighted by atomic mass is 9.84. The molecule has 5 nitrogen and oxygen atoms in total. The van der Waals surface area contributed by atoms with Crippen molar-refractivity contribution in [1.82, 2.24) is 9.21 Å². The van der Waals surface area contributed by atoms with Crippen LogP contribution in [-0.2, 0) is 14.8 Å². The van der Waals surface area contributed by atoms with E-state index in [2.05, 4.69) is 0 Å². The fourth-order valence-corrected chi connectivity index (χ4v) is 5.04. The van der Waals surface area contributed by atoms with Gasteiger partial charge in [0.2, 0.25) is 15.9 Å². The maximum absolute atomic E-state index is 12.8. The number of carbonyl (C=O) groups is 1. The van der Waals surface area contributed by atoms with E-state index in [1.165, 1.54) is 4.31 Å². The zero-order valence-corrected chi connectivity index (χ0v) is 15.6. The summed E-state index contributed by atoms with van der Waals surface area (Å²) < 4.78 is 27.2. The second-order valence-electron chi connectivity index (χ2n) is 6.39. The molecule has 1 aliphatic heterocycles. The lowest BCUT2D eigenvalue weighted by Gasteiger charge is -2.31. The quantitative estimate of drug-likeness (QED) is 0.766. The molecule has 2 aliphatic rings. The summed E-state index contributed by atoms with van der Waals surface area (Å²) in [6.45, 7) is 2.01. The summed E-state index contributed by atoms with van der Waals surface area (Å²) in [4.78, 5) is 15.6. The van der Waals surface area contributed by atoms with E-state index in [4.69, 9.17) is 0 Å². The first kappa shape index (κ1) is 17.8. The molecular weight excluding hydrogens is 344 g/mol. The lowest BCUT2D eigenvalue weighted by Crippen LogP contribution is -2.41. The van der Waals surface area contributed by atoms with E-state index in [1.807, 2.05) is 23.3 Å². The largest absolute Gasteiger partial charge is 0.341 e. The molecule has 1 aromatic carbocycles. The third kappa shape index (κ3) is 3.63. The third-order valence-corrected chi connectivity index (χ3v) is 7.57. The van der Waals surface area contributed by atoms with Gasteiger partial charge in [-0.25, -0.2) is 8.42 Å². The van der Waals surface area contributed by atoms with E-state index in [9.17, 15) is 13.2 Å². The van der Waals surface area contributed by atoms with Crippen molar-refractivity contribution in [2.45, 2.75) is 35.5 Å². The van der Waals surface area contributed by atoms with E-state index in [-0.39, 0.29) is 11.8 Å². The van der Waals surface area contributed by atoms with E-state index < -0.39 is 10.0 Å². The highest BCUT2D eigenvalue weighted by atomic mass is 32.2. The van der Waals surface area contributed by atoms with Gasteiger partial charge in [0.05, 0.1) is 4.90 Å². The predicted molar refractivity (Wildman–Crippen MR) is 95.5 cm³/mol. The molecule has 7 heteroatoms. The molecule has 132 valence electrons. The molecule has 0 unspecified atom stereocenters. The lowest BCUT2D eigenvalue weighted by molar-refractivity contribution is -0.138. The number of amides is 1. The summed E-state index contributed by atoms with van der Waals surface area (Å²) in [5, 5.41) is 0. The topological polar surface area (TPSA) is 57.7 Å². The van der Waals surface area contributed by atoms with Crippen molar-refractivity contribution in [1.29, 1.82) is 0 Å². The van der Waals surface area contributed by atoms with Crippen LogP contribution in [0, 0.1) is 5.92 Å². The highest BCUT2D eigenvalue weighted by molar-refractivity contribution is 7.98. The zero-order chi connectivity index (χ0) is 17.2. The monoisotopic (exact) mass is 368 g/mol. The molecule has 0 radical (unpaired) electrons. The van der Waals surface area contributed by atoms with Gasteiger partial charge in [0.1, 0.15) is 0 Å². The first-order valence-electron chi connectivity index (χ1n) is 8.45. The summed E-state index contributed by atoms with van der Waals surface area (Å²) in [7, 11) is -3.49. The van der Waals surface area contributed by atoms with Crippen LogP contribution in [0.5, 0.6) is 0 Å². The number of benzene rings is 1. The Labute approximate surface area is 148 Å². The first-order valence-corrected chi connectivity index (χ1v) is 11.1. The summed E-state index contributed by atoms with van der Waals surface area (Å²) >= 11 is 1.59. The number of rotatable bonds is 4. The molecule has 0 spiro atoms. The maximum atomic E-state index is 12.8. The van der Waals surface area contributed by atoms with Gasteiger partial charge < -0.3 is 4.90 Å². The van der Waals surface area contributed by atoms with Gasteiger partial charge in [-0.3, -0.25) is 4.79 Å². The van der Waals surface area contributed by atoms with Crippen molar-refractivity contribution in [3.05, 3.63) is 24.3 Å². The molecule has 1 aromatic rings. The average molecular weight is 369 g/mol. The SMILES string of the molecule is CSc1ccc(S(=O)(=O)N2CCCN(C(=O)C3CCC3)CC2)cc1. The minimum Gasteiger partial charge on any atom is -0.341 e. The maximum Gasteiger partial charge on any atom is 0.243 e. The molecule has 1 saturated heterocycles. The van der Waals surface area contributed by atoms with Gasteiger partial charge in [-0.2, -0.15) is 4.31 Å². The average Bonchev–Trinajstić information content (AvgIpc) is 2.80. The molecule has 0 aromatic heterocycles. The normalized spacial score (nSPS) is 20.5. The van der Waals surface area contributed by atoms with E-state index in [1.54, 1.807) is 23.9 Å². The molecular formula is C17H24N2O3S2. The Kier molecular flexibility index (Phi) is 5.52. The van der Waals surface area contributed by atoms with Crippen LogP contribution < -0.4 is 0 Å². The Balaban J connectivity index is 1.68. The molecule has 3 rings (SSSR count). The predicted octanol–water partition coefficient (Wildman–Crippen LogP) is 2.43. The minimum atomic E-state index is -3.49. The van der Waals surface area contributed by atoms with Gasteiger partial charge in [-0.1, -0.05) is 6.42 Å². The van der Waals surface area contributed by atoms with Crippen LogP contribution in [-0.4, -0.2) is 56.0 Å². The Morgan fingerprint density at radius 3 is 2.33 bits per heavy atom. The fourth-order valence-electron chi connectivity index (χ4n) is 3.16. The molecule has 2 fully saturated rings. The molecule has 1 saturated carbocycles. The van der Waals surface area contributed by atoms with Gasteiger partial charge in [0.25, 0.3) is 0 Å². The van der Waals surface area contributed by atoms with E-state index in [0.29, 0.717) is 37.5 Å². The number of nitrogens with zero attached hydrogens (tertiary/aromatic N) is 2. The van der Waals surface area contributed by atoms with Gasteiger partial charge in [-0.15, -0.1) is 11.8 Å². The second-order valence-corrected chi connectivity index (χ2v) is 9.20.